The second kappa shape index (κ2) is 4.31. The molecule has 1 aliphatic carbocycles. The molecule has 1 aliphatic rings. The van der Waals surface area contributed by atoms with Crippen LogP contribution in [0.15, 0.2) is 30.6 Å². The molecule has 0 aliphatic heterocycles. The van der Waals surface area contributed by atoms with Gasteiger partial charge in [-0.3, -0.25) is 4.98 Å². The maximum absolute atomic E-state index is 4.46. The molecule has 0 aromatic carbocycles. The Morgan fingerprint density at radius 2 is 2.12 bits per heavy atom. The van der Waals surface area contributed by atoms with Crippen molar-refractivity contribution in [2.24, 2.45) is 0 Å². The minimum Gasteiger partial charge on any atom is -0.309 e. The Labute approximate surface area is 98.7 Å². The predicted octanol–water partition coefficient (Wildman–Crippen LogP) is 2.46. The van der Waals surface area contributed by atoms with Gasteiger partial charge in [-0.1, -0.05) is 0 Å². The number of aromatic nitrogens is 2. The first kappa shape index (κ1) is 9.93. The average Bonchev–Trinajstić information content (AvgIpc) is 3.05. The highest BCUT2D eigenvalue weighted by atomic mass is 32.1. The van der Waals surface area contributed by atoms with Crippen molar-refractivity contribution >= 4 is 11.5 Å². The summed E-state index contributed by atoms with van der Waals surface area (Å²) < 4.78 is 4.46. The molecular weight excluding hydrogens is 218 g/mol. The average molecular weight is 231 g/mol. The Bertz CT molecular complexity index is 462. The highest BCUT2D eigenvalue weighted by molar-refractivity contribution is 7.06. The van der Waals surface area contributed by atoms with Gasteiger partial charge in [-0.05, 0) is 42.6 Å². The van der Waals surface area contributed by atoms with Gasteiger partial charge in [0.2, 0.25) is 0 Å². The van der Waals surface area contributed by atoms with E-state index in [1.807, 2.05) is 12.1 Å². The van der Waals surface area contributed by atoms with Crippen molar-refractivity contribution in [1.82, 2.24) is 14.7 Å². The van der Waals surface area contributed by atoms with Crippen LogP contribution < -0.4 is 5.32 Å². The highest BCUT2D eigenvalue weighted by Crippen LogP contribution is 2.23. The van der Waals surface area contributed by atoms with Gasteiger partial charge in [0.25, 0.3) is 0 Å². The zero-order valence-corrected chi connectivity index (χ0v) is 9.70. The van der Waals surface area contributed by atoms with E-state index in [-0.39, 0.29) is 0 Å². The number of rotatable bonds is 4. The van der Waals surface area contributed by atoms with Crippen molar-refractivity contribution in [2.75, 3.05) is 0 Å². The van der Waals surface area contributed by atoms with E-state index in [0.717, 1.165) is 23.8 Å². The molecule has 2 heterocycles. The fraction of sp³-hybridized carbons (Fsp3) is 0.333. The lowest BCUT2D eigenvalue weighted by Crippen LogP contribution is -2.14. The summed E-state index contributed by atoms with van der Waals surface area (Å²) in [6.45, 7) is 0.952. The third kappa shape index (κ3) is 2.28. The van der Waals surface area contributed by atoms with Crippen molar-refractivity contribution in [1.29, 1.82) is 0 Å². The number of nitrogens with zero attached hydrogens (tertiary/aromatic N) is 2. The molecule has 0 bridgehead atoms. The summed E-state index contributed by atoms with van der Waals surface area (Å²) >= 11 is 1.58. The molecule has 2 aromatic heterocycles. The van der Waals surface area contributed by atoms with Crippen LogP contribution in [0.25, 0.3) is 11.3 Å². The van der Waals surface area contributed by atoms with Crippen LogP contribution in [0.4, 0.5) is 0 Å². The maximum atomic E-state index is 4.46. The maximum Gasteiger partial charge on any atom is 0.0845 e. The van der Waals surface area contributed by atoms with Crippen molar-refractivity contribution in [3.05, 3.63) is 35.5 Å². The van der Waals surface area contributed by atoms with Crippen molar-refractivity contribution in [3.8, 4) is 11.3 Å². The molecule has 0 radical (unpaired) electrons. The van der Waals surface area contributed by atoms with Crippen LogP contribution in [0.3, 0.4) is 0 Å². The van der Waals surface area contributed by atoms with E-state index >= 15 is 0 Å². The molecule has 16 heavy (non-hydrogen) atoms. The fourth-order valence-corrected chi connectivity index (χ4v) is 2.27. The number of hydrogen-bond donors (Lipinski definition) is 1. The summed E-state index contributed by atoms with van der Waals surface area (Å²) in [6.07, 6.45) is 6.26. The standard InChI is InChI=1S/C12H13N3S/c1-2-10(1)14-8-11-7-12(15-16-11)9-3-5-13-6-4-9/h3-7,10,14H,1-2,8H2. The summed E-state index contributed by atoms with van der Waals surface area (Å²) in [5.41, 5.74) is 2.20. The lowest BCUT2D eigenvalue weighted by atomic mass is 10.2. The second-order valence-electron chi connectivity index (χ2n) is 4.07. The summed E-state index contributed by atoms with van der Waals surface area (Å²) in [5.74, 6) is 0. The first-order chi connectivity index (χ1) is 7.92. The lowest BCUT2D eigenvalue weighted by Gasteiger charge is -1.97. The van der Waals surface area contributed by atoms with Gasteiger partial charge in [-0.25, -0.2) is 0 Å². The quantitative estimate of drug-likeness (QED) is 0.878. The normalized spacial score (nSPS) is 15.2. The van der Waals surface area contributed by atoms with Gasteiger partial charge in [0.1, 0.15) is 0 Å². The monoisotopic (exact) mass is 231 g/mol. The molecule has 0 amide bonds. The number of pyridine rings is 1. The van der Waals surface area contributed by atoms with Gasteiger partial charge in [-0.15, -0.1) is 0 Å². The molecule has 82 valence electrons. The second-order valence-corrected chi connectivity index (χ2v) is 4.96. The van der Waals surface area contributed by atoms with Gasteiger partial charge in [0, 0.05) is 35.4 Å². The van der Waals surface area contributed by atoms with Gasteiger partial charge >= 0.3 is 0 Å². The first-order valence-corrected chi connectivity index (χ1v) is 6.28. The molecule has 3 rings (SSSR count). The van der Waals surface area contributed by atoms with Gasteiger partial charge in [0.15, 0.2) is 0 Å². The molecule has 3 nitrogen and oxygen atoms in total. The van der Waals surface area contributed by atoms with Crippen LogP contribution in [0.2, 0.25) is 0 Å². The van der Waals surface area contributed by atoms with E-state index in [1.54, 1.807) is 23.9 Å². The topological polar surface area (TPSA) is 37.8 Å². The zero-order valence-electron chi connectivity index (χ0n) is 8.89. The van der Waals surface area contributed by atoms with E-state index in [9.17, 15) is 0 Å². The molecule has 1 saturated carbocycles. The van der Waals surface area contributed by atoms with Crippen molar-refractivity contribution < 1.29 is 0 Å². The van der Waals surface area contributed by atoms with Crippen molar-refractivity contribution in [3.63, 3.8) is 0 Å². The summed E-state index contributed by atoms with van der Waals surface area (Å²) in [4.78, 5) is 5.31. The van der Waals surface area contributed by atoms with Crippen LogP contribution in [-0.2, 0) is 6.54 Å². The summed E-state index contributed by atoms with van der Waals surface area (Å²) in [7, 11) is 0. The van der Waals surface area contributed by atoms with Gasteiger partial charge in [-0.2, -0.15) is 4.37 Å². The van der Waals surface area contributed by atoms with Crippen LogP contribution in [0, 0.1) is 0 Å². The van der Waals surface area contributed by atoms with E-state index in [0.29, 0.717) is 0 Å². The summed E-state index contributed by atoms with van der Waals surface area (Å²) in [5, 5.41) is 3.50. The van der Waals surface area contributed by atoms with E-state index < -0.39 is 0 Å². The van der Waals surface area contributed by atoms with Gasteiger partial charge < -0.3 is 5.32 Å². The van der Waals surface area contributed by atoms with Crippen LogP contribution in [0.5, 0.6) is 0 Å². The van der Waals surface area contributed by atoms with E-state index in [1.165, 1.54) is 17.7 Å². The number of hydrogen-bond acceptors (Lipinski definition) is 4. The first-order valence-electron chi connectivity index (χ1n) is 5.51. The molecule has 0 spiro atoms. The Morgan fingerprint density at radius 3 is 2.88 bits per heavy atom. The largest absolute Gasteiger partial charge is 0.309 e. The Kier molecular flexibility index (Phi) is 2.68. The molecular formula is C12H13N3S. The third-order valence-corrected chi connectivity index (χ3v) is 3.46. The molecule has 0 atom stereocenters. The van der Waals surface area contributed by atoms with E-state index in [4.69, 9.17) is 0 Å². The molecule has 0 saturated heterocycles. The van der Waals surface area contributed by atoms with E-state index in [2.05, 4.69) is 20.7 Å². The van der Waals surface area contributed by atoms with Gasteiger partial charge in [0.05, 0.1) is 5.69 Å². The number of nitrogens with one attached hydrogen (secondary N) is 1. The molecule has 0 unspecified atom stereocenters. The van der Waals surface area contributed by atoms with Crippen molar-refractivity contribution in [2.45, 2.75) is 25.4 Å². The Hall–Kier alpha value is -1.26. The lowest BCUT2D eigenvalue weighted by molar-refractivity contribution is 0.695. The predicted molar refractivity (Wildman–Crippen MR) is 65.2 cm³/mol. The molecule has 2 aromatic rings. The molecule has 1 fully saturated rings. The Morgan fingerprint density at radius 1 is 1.31 bits per heavy atom. The van der Waals surface area contributed by atoms with Crippen LogP contribution >= 0.6 is 11.5 Å². The third-order valence-electron chi connectivity index (χ3n) is 2.68. The molecule has 4 heteroatoms. The highest BCUT2D eigenvalue weighted by Gasteiger charge is 2.20. The smallest absolute Gasteiger partial charge is 0.0845 e. The molecule has 1 N–H and O–H groups in total. The SMILES string of the molecule is c1cc(-c2cc(CNC3CC3)sn2)ccn1. The zero-order chi connectivity index (χ0) is 10.8. The summed E-state index contributed by atoms with van der Waals surface area (Å²) in [6, 6.07) is 6.90. The minimum absolute atomic E-state index is 0.756. The fourth-order valence-electron chi connectivity index (χ4n) is 1.59. The van der Waals surface area contributed by atoms with Crippen LogP contribution in [-0.4, -0.2) is 15.4 Å². The van der Waals surface area contributed by atoms with Crippen LogP contribution in [0.1, 0.15) is 17.7 Å². The Balaban J connectivity index is 1.71. The minimum atomic E-state index is 0.756.